The van der Waals surface area contributed by atoms with Crippen LogP contribution >= 0.6 is 0 Å². The van der Waals surface area contributed by atoms with Crippen molar-refractivity contribution in [2.24, 2.45) is 0 Å². The first kappa shape index (κ1) is 9.41. The van der Waals surface area contributed by atoms with Crippen molar-refractivity contribution in [3.05, 3.63) is 0 Å². The van der Waals surface area contributed by atoms with Crippen LogP contribution in [0.4, 0.5) is 0 Å². The topological polar surface area (TPSA) is 89.8 Å². The Hall–Kier alpha value is -0.585. The predicted octanol–water partition coefficient (Wildman–Crippen LogP) is -2.16. The summed E-state index contributed by atoms with van der Waals surface area (Å²) in [7, 11) is -2.17. The highest BCUT2D eigenvalue weighted by atomic mass is 16.5. The van der Waals surface area contributed by atoms with Gasteiger partial charge < -0.3 is 20.4 Å². The standard InChI is InChI=1S/C4H7NO.BH3O3/c6-4-2-1-3-5-4;2-1(3)4/h1-3H2,(H,5,6);2-4H. The van der Waals surface area contributed by atoms with Crippen molar-refractivity contribution >= 4 is 13.2 Å². The Morgan fingerprint density at radius 2 is 1.90 bits per heavy atom. The van der Waals surface area contributed by atoms with Crippen LogP contribution in [-0.4, -0.2) is 34.8 Å². The maximum absolute atomic E-state index is 10.1. The summed E-state index contributed by atoms with van der Waals surface area (Å²) < 4.78 is 0. The third-order valence-corrected chi connectivity index (χ3v) is 0.903. The van der Waals surface area contributed by atoms with E-state index in [4.69, 9.17) is 15.1 Å². The van der Waals surface area contributed by atoms with Crippen LogP contribution in [0.25, 0.3) is 0 Å². The second-order valence-corrected chi connectivity index (χ2v) is 1.80. The van der Waals surface area contributed by atoms with Crippen LogP contribution in [0, 0.1) is 0 Å². The maximum atomic E-state index is 10.1. The van der Waals surface area contributed by atoms with Crippen molar-refractivity contribution in [1.82, 2.24) is 5.32 Å². The zero-order valence-electron chi connectivity index (χ0n) is 5.45. The van der Waals surface area contributed by atoms with Crippen molar-refractivity contribution in [3.8, 4) is 0 Å². The second kappa shape index (κ2) is 5.22. The van der Waals surface area contributed by atoms with Crippen molar-refractivity contribution in [1.29, 1.82) is 0 Å². The van der Waals surface area contributed by atoms with Gasteiger partial charge in [0.1, 0.15) is 0 Å². The lowest BCUT2D eigenvalue weighted by Gasteiger charge is -1.80. The molecule has 1 rings (SSSR count). The SMILES string of the molecule is O=C1CCCN1.OB(O)O. The highest BCUT2D eigenvalue weighted by Gasteiger charge is 2.05. The summed E-state index contributed by atoms with van der Waals surface area (Å²) >= 11 is 0. The summed E-state index contributed by atoms with van der Waals surface area (Å²) in [6.45, 7) is 0.888. The van der Waals surface area contributed by atoms with Crippen molar-refractivity contribution in [3.63, 3.8) is 0 Å². The van der Waals surface area contributed by atoms with Gasteiger partial charge in [0.25, 0.3) is 0 Å². The van der Waals surface area contributed by atoms with Crippen LogP contribution in [0.1, 0.15) is 12.8 Å². The van der Waals surface area contributed by atoms with Crippen molar-refractivity contribution in [2.75, 3.05) is 6.54 Å². The molecule has 0 radical (unpaired) electrons. The van der Waals surface area contributed by atoms with E-state index in [1.807, 2.05) is 0 Å². The molecule has 0 bridgehead atoms. The van der Waals surface area contributed by atoms with Gasteiger partial charge in [0, 0.05) is 13.0 Å². The van der Waals surface area contributed by atoms with Gasteiger partial charge in [-0.15, -0.1) is 0 Å². The minimum Gasteiger partial charge on any atom is -0.402 e. The fourth-order valence-electron chi connectivity index (χ4n) is 0.565. The number of rotatable bonds is 0. The van der Waals surface area contributed by atoms with Crippen LogP contribution in [0.3, 0.4) is 0 Å². The Balaban J connectivity index is 0.000000180. The molecule has 0 saturated carbocycles. The number of amides is 1. The normalized spacial score (nSPS) is 15.3. The van der Waals surface area contributed by atoms with E-state index in [9.17, 15) is 4.79 Å². The third-order valence-electron chi connectivity index (χ3n) is 0.903. The second-order valence-electron chi connectivity index (χ2n) is 1.80. The summed E-state index contributed by atoms with van der Waals surface area (Å²) in [6.07, 6.45) is 1.76. The Morgan fingerprint density at radius 3 is 2.00 bits per heavy atom. The fraction of sp³-hybridized carbons (Fsp3) is 0.750. The predicted molar refractivity (Wildman–Crippen MR) is 34.7 cm³/mol. The first-order valence-electron chi connectivity index (χ1n) is 2.94. The van der Waals surface area contributed by atoms with Crippen LogP contribution in [0.5, 0.6) is 0 Å². The average Bonchev–Trinajstić information content (AvgIpc) is 2.15. The van der Waals surface area contributed by atoms with Gasteiger partial charge >= 0.3 is 7.32 Å². The first-order chi connectivity index (χ1) is 4.63. The Morgan fingerprint density at radius 1 is 1.40 bits per heavy atom. The molecule has 0 aliphatic carbocycles. The molecule has 0 atom stereocenters. The molecule has 6 heteroatoms. The molecule has 1 heterocycles. The molecule has 1 amide bonds. The number of carbonyl (C=O) groups excluding carboxylic acids is 1. The van der Waals surface area contributed by atoms with Gasteiger partial charge in [-0.2, -0.15) is 0 Å². The minimum atomic E-state index is -2.17. The van der Waals surface area contributed by atoms with Gasteiger partial charge in [0.2, 0.25) is 5.91 Å². The zero-order valence-corrected chi connectivity index (χ0v) is 5.45. The summed E-state index contributed by atoms with van der Waals surface area (Å²) in [4.78, 5) is 10.1. The lowest BCUT2D eigenvalue weighted by Crippen LogP contribution is -2.12. The number of carbonyl (C=O) groups is 1. The number of nitrogens with one attached hydrogen (secondary N) is 1. The molecule has 0 spiro atoms. The van der Waals surface area contributed by atoms with E-state index in [0.717, 1.165) is 19.4 Å². The maximum Gasteiger partial charge on any atom is 0.631 e. The molecule has 1 aliphatic heterocycles. The van der Waals surface area contributed by atoms with Crippen LogP contribution < -0.4 is 5.32 Å². The number of hydrogen-bond donors (Lipinski definition) is 4. The van der Waals surface area contributed by atoms with Gasteiger partial charge in [-0.25, -0.2) is 0 Å². The van der Waals surface area contributed by atoms with Crippen LogP contribution in [0.2, 0.25) is 0 Å². The van der Waals surface area contributed by atoms with Gasteiger partial charge in [0.15, 0.2) is 0 Å². The Bertz CT molecular complexity index is 96.7. The summed E-state index contributed by atoms with van der Waals surface area (Å²) in [6, 6.07) is 0. The molecule has 0 unspecified atom stereocenters. The van der Waals surface area contributed by atoms with E-state index >= 15 is 0 Å². The molecule has 58 valence electrons. The highest BCUT2D eigenvalue weighted by molar-refractivity contribution is 6.30. The molecule has 10 heavy (non-hydrogen) atoms. The molecule has 1 saturated heterocycles. The van der Waals surface area contributed by atoms with E-state index in [0.29, 0.717) is 0 Å². The smallest absolute Gasteiger partial charge is 0.402 e. The molecule has 4 N–H and O–H groups in total. The summed E-state index contributed by atoms with van der Waals surface area (Å²) in [5.74, 6) is 0.204. The minimum absolute atomic E-state index is 0.204. The molecule has 5 nitrogen and oxygen atoms in total. The third kappa shape index (κ3) is 7.41. The van der Waals surface area contributed by atoms with Gasteiger partial charge in [-0.1, -0.05) is 0 Å². The van der Waals surface area contributed by atoms with Gasteiger partial charge in [-0.3, -0.25) is 4.79 Å². The van der Waals surface area contributed by atoms with E-state index in [1.165, 1.54) is 0 Å². The molecule has 1 aliphatic rings. The summed E-state index contributed by atoms with van der Waals surface area (Å²) in [5, 5.41) is 24.2. The summed E-state index contributed by atoms with van der Waals surface area (Å²) in [5.41, 5.74) is 0. The highest BCUT2D eigenvalue weighted by Crippen LogP contribution is 1.93. The molecule has 1 fully saturated rings. The zero-order chi connectivity index (χ0) is 7.98. The monoisotopic (exact) mass is 147 g/mol. The van der Waals surface area contributed by atoms with E-state index < -0.39 is 7.32 Å². The van der Waals surface area contributed by atoms with Crippen molar-refractivity contribution < 1.29 is 19.9 Å². The van der Waals surface area contributed by atoms with Crippen LogP contribution in [0.15, 0.2) is 0 Å². The van der Waals surface area contributed by atoms with E-state index in [2.05, 4.69) is 5.32 Å². The Kier molecular flexibility index (Phi) is 4.91. The van der Waals surface area contributed by atoms with E-state index in [-0.39, 0.29) is 5.91 Å². The lowest BCUT2D eigenvalue weighted by molar-refractivity contribution is -0.119. The molecular formula is C4H10BNO4. The molecule has 0 aromatic carbocycles. The number of hydrogen-bond acceptors (Lipinski definition) is 4. The van der Waals surface area contributed by atoms with Crippen LogP contribution in [-0.2, 0) is 4.79 Å². The van der Waals surface area contributed by atoms with Gasteiger partial charge in [-0.05, 0) is 6.42 Å². The largest absolute Gasteiger partial charge is 0.631 e. The molecule has 0 aromatic heterocycles. The van der Waals surface area contributed by atoms with Crippen molar-refractivity contribution in [2.45, 2.75) is 12.8 Å². The molecular weight excluding hydrogens is 137 g/mol. The fourth-order valence-corrected chi connectivity index (χ4v) is 0.565. The average molecular weight is 147 g/mol. The Labute approximate surface area is 58.9 Å². The lowest BCUT2D eigenvalue weighted by atomic mass is 10.3. The van der Waals surface area contributed by atoms with Gasteiger partial charge in [0.05, 0.1) is 0 Å². The first-order valence-corrected chi connectivity index (χ1v) is 2.94. The van der Waals surface area contributed by atoms with E-state index in [1.54, 1.807) is 0 Å². The quantitative estimate of drug-likeness (QED) is 0.294. The molecule has 0 aromatic rings.